The molecule has 188 valence electrons. The number of aryl methyl sites for hydroxylation is 1. The van der Waals surface area contributed by atoms with E-state index in [0.717, 1.165) is 16.7 Å². The van der Waals surface area contributed by atoms with E-state index in [1.807, 2.05) is 37.3 Å². The number of fused-ring (bicyclic) bond motifs is 2. The number of rotatable bonds is 5. The van der Waals surface area contributed by atoms with Gasteiger partial charge in [-0.3, -0.25) is 0 Å². The zero-order chi connectivity index (χ0) is 26.2. The number of hydrogen-bond donors (Lipinski definition) is 3. The fourth-order valence-corrected chi connectivity index (χ4v) is 6.19. The van der Waals surface area contributed by atoms with Crippen LogP contribution in [0.2, 0.25) is 0 Å². The topological polar surface area (TPSA) is 116 Å². The van der Waals surface area contributed by atoms with Crippen molar-refractivity contribution in [2.75, 3.05) is 17.2 Å². The molecule has 4 aromatic rings. The lowest BCUT2D eigenvalue weighted by Gasteiger charge is -2.30. The van der Waals surface area contributed by atoms with E-state index in [0.29, 0.717) is 28.6 Å². The van der Waals surface area contributed by atoms with Crippen molar-refractivity contribution < 1.29 is 23.1 Å². The number of carbonyl (C=O) groups is 2. The summed E-state index contributed by atoms with van der Waals surface area (Å²) in [5.41, 5.74) is 3.70. The lowest BCUT2D eigenvalue weighted by atomic mass is 9.99. The monoisotopic (exact) mass is 515 g/mol. The van der Waals surface area contributed by atoms with Gasteiger partial charge in [-0.25, -0.2) is 18.0 Å². The highest BCUT2D eigenvalue weighted by Gasteiger charge is 2.33. The minimum atomic E-state index is -4.10. The molecule has 0 saturated heterocycles. The van der Waals surface area contributed by atoms with Crippen LogP contribution < -0.4 is 10.6 Å². The first-order valence-corrected chi connectivity index (χ1v) is 13.2. The van der Waals surface area contributed by atoms with Crippen molar-refractivity contribution in [2.45, 2.75) is 24.8 Å². The molecule has 0 fully saturated rings. The van der Waals surface area contributed by atoms with Crippen molar-refractivity contribution in [2.24, 2.45) is 0 Å². The van der Waals surface area contributed by atoms with Crippen LogP contribution in [0.3, 0.4) is 0 Å². The quantitative estimate of drug-likeness (QED) is 0.336. The molecule has 9 heteroatoms. The molecule has 0 atom stereocenters. The third kappa shape index (κ3) is 4.91. The standard InChI is InChI=1S/C28H25N3O5S/c1-18-9-11-22(12-10-18)29-28(34)30-25-8-4-7-21-17-31(14-13-23(21)25)37(35,36)26-16-20-6-3-2-5-19(20)15-24(26)27(32)33/h2-12,15-16H,13-14,17H2,1H3,(H,32,33)(H2,29,30,34). The van der Waals surface area contributed by atoms with Gasteiger partial charge in [0.15, 0.2) is 0 Å². The van der Waals surface area contributed by atoms with Crippen LogP contribution in [-0.2, 0) is 23.0 Å². The van der Waals surface area contributed by atoms with Crippen LogP contribution >= 0.6 is 0 Å². The van der Waals surface area contributed by atoms with Gasteiger partial charge in [0.05, 0.1) is 10.5 Å². The number of sulfonamides is 1. The van der Waals surface area contributed by atoms with Gasteiger partial charge in [0.1, 0.15) is 0 Å². The average Bonchev–Trinajstić information content (AvgIpc) is 2.89. The molecule has 0 unspecified atom stereocenters. The number of urea groups is 1. The van der Waals surface area contributed by atoms with Crippen molar-refractivity contribution >= 4 is 44.2 Å². The third-order valence-corrected chi connectivity index (χ3v) is 8.37. The van der Waals surface area contributed by atoms with E-state index in [9.17, 15) is 23.1 Å². The Kier molecular flexibility index (Phi) is 6.41. The van der Waals surface area contributed by atoms with Gasteiger partial charge in [0.2, 0.25) is 10.0 Å². The van der Waals surface area contributed by atoms with Crippen LogP contribution in [0.4, 0.5) is 16.2 Å². The summed E-state index contributed by atoms with van der Waals surface area (Å²) in [5, 5.41) is 16.7. The minimum absolute atomic E-state index is 0.0681. The molecular formula is C28H25N3O5S. The van der Waals surface area contributed by atoms with Crippen molar-refractivity contribution in [1.29, 1.82) is 0 Å². The number of nitrogens with zero attached hydrogens (tertiary/aromatic N) is 1. The molecule has 2 amide bonds. The molecule has 0 aliphatic carbocycles. The van der Waals surface area contributed by atoms with Gasteiger partial charge in [-0.1, -0.05) is 54.1 Å². The smallest absolute Gasteiger partial charge is 0.337 e. The Balaban J connectivity index is 1.40. The van der Waals surface area contributed by atoms with E-state index in [2.05, 4.69) is 10.6 Å². The maximum Gasteiger partial charge on any atom is 0.337 e. The van der Waals surface area contributed by atoms with Crippen LogP contribution in [0, 0.1) is 6.92 Å². The fourth-order valence-electron chi connectivity index (χ4n) is 4.57. The van der Waals surface area contributed by atoms with Gasteiger partial charge < -0.3 is 15.7 Å². The molecular weight excluding hydrogens is 490 g/mol. The first-order chi connectivity index (χ1) is 17.7. The number of nitrogens with one attached hydrogen (secondary N) is 2. The molecule has 0 radical (unpaired) electrons. The Bertz CT molecular complexity index is 1630. The van der Waals surface area contributed by atoms with E-state index < -0.39 is 22.0 Å². The number of benzene rings is 4. The number of carboxylic acids is 1. The van der Waals surface area contributed by atoms with Crippen molar-refractivity contribution in [3.05, 3.63) is 101 Å². The second-order valence-electron chi connectivity index (χ2n) is 8.98. The lowest BCUT2D eigenvalue weighted by molar-refractivity contribution is 0.0692. The summed E-state index contributed by atoms with van der Waals surface area (Å²) in [7, 11) is -4.10. The van der Waals surface area contributed by atoms with Gasteiger partial charge in [-0.05, 0) is 65.6 Å². The number of hydrogen-bond acceptors (Lipinski definition) is 4. The molecule has 1 aliphatic rings. The van der Waals surface area contributed by atoms with E-state index in [1.54, 1.807) is 36.4 Å². The summed E-state index contributed by atoms with van der Waals surface area (Å²) in [6.45, 7) is 2.18. The zero-order valence-corrected chi connectivity index (χ0v) is 20.9. The predicted octanol–water partition coefficient (Wildman–Crippen LogP) is 5.24. The Morgan fingerprint density at radius 2 is 1.59 bits per heavy atom. The molecule has 4 aromatic carbocycles. The SMILES string of the molecule is Cc1ccc(NC(=O)Nc2cccc3c2CCN(S(=O)(=O)c2cc4ccccc4cc2C(=O)O)C3)cc1. The van der Waals surface area contributed by atoms with Crippen LogP contribution in [-0.4, -0.2) is 36.4 Å². The average molecular weight is 516 g/mol. The molecule has 0 saturated carbocycles. The molecule has 1 aliphatic heterocycles. The summed E-state index contributed by atoms with van der Waals surface area (Å²) in [6, 6.07) is 22.3. The molecule has 1 heterocycles. The van der Waals surface area contributed by atoms with Crippen LogP contribution in [0.1, 0.15) is 27.0 Å². The Morgan fingerprint density at radius 1 is 0.892 bits per heavy atom. The van der Waals surface area contributed by atoms with Gasteiger partial charge >= 0.3 is 12.0 Å². The summed E-state index contributed by atoms with van der Waals surface area (Å²) in [6.07, 6.45) is 0.367. The number of amides is 2. The molecule has 0 spiro atoms. The summed E-state index contributed by atoms with van der Waals surface area (Å²) in [5.74, 6) is -1.30. The van der Waals surface area contributed by atoms with Crippen molar-refractivity contribution in [3.63, 3.8) is 0 Å². The molecule has 37 heavy (non-hydrogen) atoms. The Morgan fingerprint density at radius 3 is 2.30 bits per heavy atom. The summed E-state index contributed by atoms with van der Waals surface area (Å²) < 4.78 is 28.6. The highest BCUT2D eigenvalue weighted by molar-refractivity contribution is 7.89. The first kappa shape index (κ1) is 24.5. The fraction of sp³-hybridized carbons (Fsp3) is 0.143. The molecule has 0 aromatic heterocycles. The van der Waals surface area contributed by atoms with Gasteiger partial charge in [-0.15, -0.1) is 0 Å². The molecule has 5 rings (SSSR count). The van der Waals surface area contributed by atoms with Crippen molar-refractivity contribution in [3.8, 4) is 0 Å². The third-order valence-electron chi connectivity index (χ3n) is 6.48. The van der Waals surface area contributed by atoms with E-state index in [1.165, 1.54) is 16.4 Å². The maximum atomic E-state index is 13.6. The second kappa shape index (κ2) is 9.68. The highest BCUT2D eigenvalue weighted by atomic mass is 32.2. The van der Waals surface area contributed by atoms with Gasteiger partial charge in [0.25, 0.3) is 0 Å². The minimum Gasteiger partial charge on any atom is -0.478 e. The van der Waals surface area contributed by atoms with Crippen molar-refractivity contribution in [1.82, 2.24) is 4.31 Å². The summed E-state index contributed by atoms with van der Waals surface area (Å²) in [4.78, 5) is 24.3. The zero-order valence-electron chi connectivity index (χ0n) is 20.1. The number of anilines is 2. The summed E-state index contributed by atoms with van der Waals surface area (Å²) >= 11 is 0. The molecule has 3 N–H and O–H groups in total. The normalized spacial score (nSPS) is 13.6. The molecule has 8 nitrogen and oxygen atoms in total. The van der Waals surface area contributed by atoms with Gasteiger partial charge in [-0.2, -0.15) is 4.31 Å². The Hall–Kier alpha value is -4.21. The number of carboxylic acid groups (broad SMARTS) is 1. The second-order valence-corrected chi connectivity index (χ2v) is 10.9. The Labute approximate surface area is 214 Å². The van der Waals surface area contributed by atoms with Crippen LogP contribution in [0.25, 0.3) is 10.8 Å². The predicted molar refractivity (Wildman–Crippen MR) is 142 cm³/mol. The number of carbonyl (C=O) groups excluding carboxylic acids is 1. The largest absolute Gasteiger partial charge is 0.478 e. The van der Waals surface area contributed by atoms with Crippen LogP contribution in [0.15, 0.2) is 83.8 Å². The molecule has 0 bridgehead atoms. The van der Waals surface area contributed by atoms with E-state index >= 15 is 0 Å². The number of aromatic carboxylic acids is 1. The maximum absolute atomic E-state index is 13.6. The van der Waals surface area contributed by atoms with Gasteiger partial charge in [0, 0.05) is 24.5 Å². The first-order valence-electron chi connectivity index (χ1n) is 11.7. The van der Waals surface area contributed by atoms with E-state index in [4.69, 9.17) is 0 Å². The van der Waals surface area contributed by atoms with Crippen LogP contribution in [0.5, 0.6) is 0 Å². The lowest BCUT2D eigenvalue weighted by Crippen LogP contribution is -2.37. The van der Waals surface area contributed by atoms with E-state index in [-0.39, 0.29) is 23.5 Å². The highest BCUT2D eigenvalue weighted by Crippen LogP contribution is 2.32.